The zero-order chi connectivity index (χ0) is 19.2. The van der Waals surface area contributed by atoms with Crippen LogP contribution in [0.2, 0.25) is 0 Å². The minimum atomic E-state index is -1.08. The topological polar surface area (TPSA) is 79.2 Å². The number of thiocarbonyl (C=S) groups is 1. The van der Waals surface area contributed by atoms with Gasteiger partial charge >= 0.3 is 0 Å². The Morgan fingerprint density at radius 3 is 2.04 bits per heavy atom. The Balaban J connectivity index is 1.91. The smallest absolute Gasteiger partial charge is 0.159 e. The maximum Gasteiger partial charge on any atom is 0.159 e. The molecule has 154 valence electrons. The average Bonchev–Trinajstić information content (AvgIpc) is 2.96. The van der Waals surface area contributed by atoms with Crippen molar-refractivity contribution in [2.45, 2.75) is 108 Å². The standard InChI is InChI=1S/C20H38O5S/c1-2-3-4-5-6-7-8-9-10-11-12-13-18(26)24-15-17(22)20-19(23)16(21)14-25-20/h16-17,19-23H,2-15H2,1H3/t16-,17+,19+,20+/m1/s1. The van der Waals surface area contributed by atoms with Crippen molar-refractivity contribution in [2.24, 2.45) is 0 Å². The molecule has 0 radical (unpaired) electrons. The highest BCUT2D eigenvalue weighted by molar-refractivity contribution is 7.80. The molecular weight excluding hydrogens is 352 g/mol. The molecule has 1 saturated heterocycles. The van der Waals surface area contributed by atoms with E-state index in [4.69, 9.17) is 21.7 Å². The number of hydrogen-bond donors (Lipinski definition) is 3. The molecule has 0 aromatic rings. The number of ether oxygens (including phenoxy) is 2. The van der Waals surface area contributed by atoms with Gasteiger partial charge in [-0.25, -0.2) is 0 Å². The van der Waals surface area contributed by atoms with Gasteiger partial charge in [-0.2, -0.15) is 0 Å². The minimum absolute atomic E-state index is 0.00862. The summed E-state index contributed by atoms with van der Waals surface area (Å²) in [6.45, 7) is 2.27. The third-order valence-electron chi connectivity index (χ3n) is 4.97. The predicted octanol–water partition coefficient (Wildman–Crippen LogP) is 3.51. The lowest BCUT2D eigenvalue weighted by Crippen LogP contribution is -2.41. The van der Waals surface area contributed by atoms with Gasteiger partial charge in [0.25, 0.3) is 0 Å². The van der Waals surface area contributed by atoms with Crippen LogP contribution >= 0.6 is 12.2 Å². The van der Waals surface area contributed by atoms with E-state index < -0.39 is 24.4 Å². The molecule has 0 spiro atoms. The van der Waals surface area contributed by atoms with Crippen molar-refractivity contribution in [1.29, 1.82) is 0 Å². The summed E-state index contributed by atoms with van der Waals surface area (Å²) in [4.78, 5) is 0. The summed E-state index contributed by atoms with van der Waals surface area (Å²) < 4.78 is 10.6. The van der Waals surface area contributed by atoms with E-state index in [1.54, 1.807) is 0 Å². The second-order valence-electron chi connectivity index (χ2n) is 7.39. The molecule has 0 aromatic carbocycles. The molecule has 0 bridgehead atoms. The van der Waals surface area contributed by atoms with Gasteiger partial charge < -0.3 is 24.8 Å². The van der Waals surface area contributed by atoms with E-state index in [2.05, 4.69) is 6.92 Å². The lowest BCUT2D eigenvalue weighted by Gasteiger charge is -2.21. The van der Waals surface area contributed by atoms with E-state index in [1.165, 1.54) is 57.8 Å². The van der Waals surface area contributed by atoms with Gasteiger partial charge in [0.2, 0.25) is 0 Å². The molecule has 0 unspecified atom stereocenters. The fraction of sp³-hybridized carbons (Fsp3) is 0.950. The molecule has 3 N–H and O–H groups in total. The van der Waals surface area contributed by atoms with Crippen LogP contribution in [0.3, 0.4) is 0 Å². The van der Waals surface area contributed by atoms with E-state index >= 15 is 0 Å². The third kappa shape index (κ3) is 10.2. The van der Waals surface area contributed by atoms with Crippen LogP contribution in [0.15, 0.2) is 0 Å². The molecule has 0 aromatic heterocycles. The Bertz CT molecular complexity index is 366. The first kappa shape index (κ1) is 23.8. The number of rotatable bonds is 15. The Hall–Kier alpha value is -0.270. The van der Waals surface area contributed by atoms with Crippen LogP contribution < -0.4 is 0 Å². The minimum Gasteiger partial charge on any atom is -0.484 e. The summed E-state index contributed by atoms with van der Waals surface area (Å²) in [7, 11) is 0. The van der Waals surface area contributed by atoms with Crippen LogP contribution in [-0.4, -0.2) is 58.0 Å². The van der Waals surface area contributed by atoms with Crippen molar-refractivity contribution in [3.05, 3.63) is 0 Å². The van der Waals surface area contributed by atoms with Crippen LogP contribution in [0.5, 0.6) is 0 Å². The van der Waals surface area contributed by atoms with Crippen molar-refractivity contribution < 1.29 is 24.8 Å². The molecule has 1 aliphatic rings. The number of aliphatic hydroxyl groups excluding tert-OH is 3. The van der Waals surface area contributed by atoms with Crippen LogP contribution in [0, 0.1) is 0 Å². The second-order valence-corrected chi connectivity index (χ2v) is 7.85. The maximum atomic E-state index is 9.97. The molecule has 0 amide bonds. The summed E-state index contributed by atoms with van der Waals surface area (Å²) in [5.74, 6) is 0. The largest absolute Gasteiger partial charge is 0.484 e. The summed E-state index contributed by atoms with van der Waals surface area (Å²) >= 11 is 5.18. The molecule has 1 aliphatic heterocycles. The van der Waals surface area contributed by atoms with E-state index in [1.807, 2.05) is 0 Å². The van der Waals surface area contributed by atoms with E-state index in [-0.39, 0.29) is 13.2 Å². The summed E-state index contributed by atoms with van der Waals surface area (Å²) in [5, 5.41) is 29.6. The monoisotopic (exact) mass is 390 g/mol. The molecule has 5 nitrogen and oxygen atoms in total. The molecule has 1 rings (SSSR count). The highest BCUT2D eigenvalue weighted by Gasteiger charge is 2.39. The first-order valence-electron chi connectivity index (χ1n) is 10.4. The molecule has 26 heavy (non-hydrogen) atoms. The van der Waals surface area contributed by atoms with Gasteiger partial charge in [0, 0.05) is 6.42 Å². The first-order valence-corrected chi connectivity index (χ1v) is 10.8. The van der Waals surface area contributed by atoms with E-state index in [9.17, 15) is 15.3 Å². The number of unbranched alkanes of at least 4 members (excludes halogenated alkanes) is 10. The highest BCUT2D eigenvalue weighted by Crippen LogP contribution is 2.18. The maximum absolute atomic E-state index is 9.97. The summed E-state index contributed by atoms with van der Waals surface area (Å²) in [6, 6.07) is 0. The van der Waals surface area contributed by atoms with Crippen LogP contribution in [-0.2, 0) is 9.47 Å². The third-order valence-corrected chi connectivity index (χ3v) is 5.29. The normalized spacial score (nSPS) is 23.9. The molecule has 4 atom stereocenters. The second kappa shape index (κ2) is 14.7. The Labute approximate surface area is 164 Å². The van der Waals surface area contributed by atoms with Crippen molar-refractivity contribution in [1.82, 2.24) is 0 Å². The van der Waals surface area contributed by atoms with Gasteiger partial charge in [-0.1, -0.05) is 71.1 Å². The SMILES string of the molecule is CCCCCCCCCCCCCC(=S)OC[C@H](O)[C@@H]1OC[C@@H](O)[C@@H]1O. The lowest BCUT2D eigenvalue weighted by molar-refractivity contribution is -0.0663. The molecule has 0 aliphatic carbocycles. The van der Waals surface area contributed by atoms with Crippen molar-refractivity contribution in [3.8, 4) is 0 Å². The Morgan fingerprint density at radius 2 is 1.54 bits per heavy atom. The summed E-state index contributed by atoms with van der Waals surface area (Å²) in [5.41, 5.74) is 0. The van der Waals surface area contributed by atoms with E-state index in [0.29, 0.717) is 5.05 Å². The molecular formula is C20H38O5S. The predicted molar refractivity (Wildman–Crippen MR) is 107 cm³/mol. The quantitative estimate of drug-likeness (QED) is 0.293. The van der Waals surface area contributed by atoms with Crippen molar-refractivity contribution >= 4 is 17.3 Å². The van der Waals surface area contributed by atoms with Gasteiger partial charge in [-0.05, 0) is 18.6 Å². The Morgan fingerprint density at radius 1 is 1.00 bits per heavy atom. The molecule has 1 fully saturated rings. The van der Waals surface area contributed by atoms with Gasteiger partial charge in [0.15, 0.2) is 5.05 Å². The van der Waals surface area contributed by atoms with E-state index in [0.717, 1.165) is 19.3 Å². The first-order chi connectivity index (χ1) is 12.6. The lowest BCUT2D eigenvalue weighted by atomic mass is 10.1. The van der Waals surface area contributed by atoms with Crippen LogP contribution in [0.1, 0.15) is 84.0 Å². The zero-order valence-electron chi connectivity index (χ0n) is 16.3. The fourth-order valence-electron chi connectivity index (χ4n) is 3.24. The Kier molecular flexibility index (Phi) is 13.5. The summed E-state index contributed by atoms with van der Waals surface area (Å²) in [6.07, 6.45) is 11.1. The highest BCUT2D eigenvalue weighted by atomic mass is 32.1. The van der Waals surface area contributed by atoms with Crippen molar-refractivity contribution in [2.75, 3.05) is 13.2 Å². The van der Waals surface area contributed by atoms with Gasteiger partial charge in [-0.15, -0.1) is 0 Å². The van der Waals surface area contributed by atoms with Crippen molar-refractivity contribution in [3.63, 3.8) is 0 Å². The molecule has 0 saturated carbocycles. The zero-order valence-corrected chi connectivity index (χ0v) is 17.1. The van der Waals surface area contributed by atoms with Crippen LogP contribution in [0.4, 0.5) is 0 Å². The fourth-order valence-corrected chi connectivity index (χ4v) is 3.46. The average molecular weight is 391 g/mol. The van der Waals surface area contributed by atoms with Gasteiger partial charge in [0.05, 0.1) is 6.61 Å². The molecule has 6 heteroatoms. The van der Waals surface area contributed by atoms with Gasteiger partial charge in [-0.3, -0.25) is 0 Å². The number of hydrogen-bond acceptors (Lipinski definition) is 6. The van der Waals surface area contributed by atoms with Crippen LogP contribution in [0.25, 0.3) is 0 Å². The number of aliphatic hydroxyl groups is 3. The molecule has 1 heterocycles. The van der Waals surface area contributed by atoms with Gasteiger partial charge in [0.1, 0.15) is 31.0 Å².